The first-order valence-corrected chi connectivity index (χ1v) is 7.54. The molecule has 0 spiro atoms. The highest BCUT2D eigenvalue weighted by atomic mass is 16.5. The van der Waals surface area contributed by atoms with E-state index in [1.807, 2.05) is 31.2 Å². The lowest BCUT2D eigenvalue weighted by atomic mass is 10.1. The Balaban J connectivity index is 1.61. The average Bonchev–Trinajstić information content (AvgIpc) is 3.00. The van der Waals surface area contributed by atoms with Crippen LogP contribution in [-0.2, 0) is 11.4 Å². The van der Waals surface area contributed by atoms with Crippen LogP contribution in [0.25, 0.3) is 0 Å². The maximum absolute atomic E-state index is 11.3. The zero-order chi connectivity index (χ0) is 16.2. The van der Waals surface area contributed by atoms with Gasteiger partial charge >= 0.3 is 6.01 Å². The molecule has 120 valence electrons. The van der Waals surface area contributed by atoms with E-state index in [0.717, 1.165) is 29.0 Å². The lowest BCUT2D eigenvalue weighted by Gasteiger charge is -2.12. The topological polar surface area (TPSA) is 73.3 Å². The molecule has 0 bridgehead atoms. The second-order valence-electron chi connectivity index (χ2n) is 5.48. The van der Waals surface area contributed by atoms with Crippen LogP contribution in [0.1, 0.15) is 35.7 Å². The molecule has 1 aliphatic rings. The van der Waals surface area contributed by atoms with Crippen LogP contribution in [0.4, 0.5) is 0 Å². The molecule has 2 aromatic rings. The molecule has 1 unspecified atom stereocenters. The van der Waals surface area contributed by atoms with E-state index in [0.29, 0.717) is 19.0 Å². The summed E-state index contributed by atoms with van der Waals surface area (Å²) in [6.07, 6.45) is 3.16. The Bertz CT molecular complexity index is 701. The van der Waals surface area contributed by atoms with E-state index in [4.69, 9.17) is 9.47 Å². The first kappa shape index (κ1) is 15.3. The maximum atomic E-state index is 11.3. The van der Waals surface area contributed by atoms with E-state index in [1.54, 1.807) is 13.3 Å². The lowest BCUT2D eigenvalue weighted by Crippen LogP contribution is -2.18. The number of ether oxygens (including phenoxy) is 2. The molecule has 1 atom stereocenters. The minimum absolute atomic E-state index is 0.116. The van der Waals surface area contributed by atoms with E-state index < -0.39 is 0 Å². The highest BCUT2D eigenvalue weighted by Gasteiger charge is 2.21. The first-order chi connectivity index (χ1) is 11.2. The van der Waals surface area contributed by atoms with Gasteiger partial charge in [-0.3, -0.25) is 4.79 Å². The number of aryl methyl sites for hydroxylation is 1. The molecule has 0 aliphatic carbocycles. The van der Waals surface area contributed by atoms with Gasteiger partial charge in [0.05, 0.1) is 18.8 Å². The number of nitrogens with one attached hydrogen (secondary N) is 1. The summed E-state index contributed by atoms with van der Waals surface area (Å²) in [4.78, 5) is 19.6. The first-order valence-electron chi connectivity index (χ1n) is 7.54. The minimum atomic E-state index is 0.116. The van der Waals surface area contributed by atoms with Gasteiger partial charge in [0, 0.05) is 18.2 Å². The summed E-state index contributed by atoms with van der Waals surface area (Å²) in [6.45, 7) is 2.30. The Labute approximate surface area is 134 Å². The van der Waals surface area contributed by atoms with Gasteiger partial charge in [0.15, 0.2) is 0 Å². The van der Waals surface area contributed by atoms with Gasteiger partial charge < -0.3 is 14.8 Å². The van der Waals surface area contributed by atoms with Gasteiger partial charge in [0.2, 0.25) is 5.91 Å². The average molecular weight is 313 g/mol. The molecular weight excluding hydrogens is 294 g/mol. The Morgan fingerprint density at radius 2 is 2.09 bits per heavy atom. The molecule has 1 aromatic carbocycles. The van der Waals surface area contributed by atoms with Crippen LogP contribution in [0.15, 0.2) is 30.5 Å². The third kappa shape index (κ3) is 3.59. The fourth-order valence-electron chi connectivity index (χ4n) is 2.53. The zero-order valence-corrected chi connectivity index (χ0v) is 13.2. The van der Waals surface area contributed by atoms with Crippen LogP contribution in [0.2, 0.25) is 0 Å². The number of hydrogen-bond acceptors (Lipinski definition) is 5. The normalized spacial score (nSPS) is 17.0. The second kappa shape index (κ2) is 6.64. The Hall–Kier alpha value is -2.63. The van der Waals surface area contributed by atoms with Crippen LogP contribution < -0.4 is 14.8 Å². The molecule has 1 amide bonds. The van der Waals surface area contributed by atoms with Crippen LogP contribution in [0.3, 0.4) is 0 Å². The molecule has 6 nitrogen and oxygen atoms in total. The molecule has 1 fully saturated rings. The van der Waals surface area contributed by atoms with E-state index in [-0.39, 0.29) is 11.9 Å². The summed E-state index contributed by atoms with van der Waals surface area (Å²) >= 11 is 0. The van der Waals surface area contributed by atoms with Crippen molar-refractivity contribution in [2.45, 2.75) is 32.4 Å². The summed E-state index contributed by atoms with van der Waals surface area (Å²) in [7, 11) is 1.54. The van der Waals surface area contributed by atoms with E-state index in [2.05, 4.69) is 15.3 Å². The van der Waals surface area contributed by atoms with Crippen LogP contribution in [0, 0.1) is 6.92 Å². The van der Waals surface area contributed by atoms with Gasteiger partial charge in [0.25, 0.3) is 0 Å². The van der Waals surface area contributed by atoms with E-state index in [9.17, 15) is 4.79 Å². The number of rotatable bonds is 5. The molecule has 3 rings (SSSR count). The number of methoxy groups -OCH3 is 1. The van der Waals surface area contributed by atoms with Crippen molar-refractivity contribution < 1.29 is 14.3 Å². The van der Waals surface area contributed by atoms with Crippen molar-refractivity contribution in [1.82, 2.24) is 15.3 Å². The standard InChI is InChI=1S/C17H19N3O3/c1-11-13(9-18-17(19-11)22-2)10-23-14-5-3-12(4-6-14)15-7-8-16(21)20-15/h3-6,9,15H,7-8,10H2,1-2H3,(H,20,21). The third-order valence-corrected chi connectivity index (χ3v) is 3.91. The fourth-order valence-corrected chi connectivity index (χ4v) is 2.53. The molecular formula is C17H19N3O3. The molecule has 1 aliphatic heterocycles. The SMILES string of the molecule is COc1ncc(COc2ccc(C3CCC(=O)N3)cc2)c(C)n1. The van der Waals surface area contributed by atoms with Crippen LogP contribution in [0.5, 0.6) is 11.8 Å². The van der Waals surface area contributed by atoms with Crippen molar-refractivity contribution in [2.24, 2.45) is 0 Å². The second-order valence-corrected chi connectivity index (χ2v) is 5.48. The smallest absolute Gasteiger partial charge is 0.316 e. The van der Waals surface area contributed by atoms with Crippen molar-refractivity contribution in [3.8, 4) is 11.8 Å². The Morgan fingerprint density at radius 3 is 2.70 bits per heavy atom. The summed E-state index contributed by atoms with van der Waals surface area (Å²) in [5.41, 5.74) is 2.85. The van der Waals surface area contributed by atoms with Gasteiger partial charge in [-0.1, -0.05) is 12.1 Å². The lowest BCUT2D eigenvalue weighted by molar-refractivity contribution is -0.119. The maximum Gasteiger partial charge on any atom is 0.316 e. The number of hydrogen-bond donors (Lipinski definition) is 1. The Morgan fingerprint density at radius 1 is 1.30 bits per heavy atom. The fraction of sp³-hybridized carbons (Fsp3) is 0.353. The third-order valence-electron chi connectivity index (χ3n) is 3.91. The van der Waals surface area contributed by atoms with Crippen molar-refractivity contribution in [2.75, 3.05) is 7.11 Å². The van der Waals surface area contributed by atoms with Crippen molar-refractivity contribution in [1.29, 1.82) is 0 Å². The number of benzene rings is 1. The van der Waals surface area contributed by atoms with E-state index in [1.165, 1.54) is 0 Å². The molecule has 1 N–H and O–H groups in total. The van der Waals surface area contributed by atoms with Gasteiger partial charge in [-0.15, -0.1) is 0 Å². The summed E-state index contributed by atoms with van der Waals surface area (Å²) in [5.74, 6) is 0.888. The predicted octanol–water partition coefficient (Wildman–Crippen LogP) is 2.32. The van der Waals surface area contributed by atoms with Gasteiger partial charge in [-0.25, -0.2) is 9.97 Å². The number of carbonyl (C=O) groups is 1. The van der Waals surface area contributed by atoms with Gasteiger partial charge in [-0.2, -0.15) is 0 Å². The molecule has 23 heavy (non-hydrogen) atoms. The highest BCUT2D eigenvalue weighted by molar-refractivity contribution is 5.78. The molecule has 0 saturated carbocycles. The Kier molecular flexibility index (Phi) is 4.41. The number of carbonyl (C=O) groups excluding carboxylic acids is 1. The van der Waals surface area contributed by atoms with Crippen molar-refractivity contribution >= 4 is 5.91 Å². The summed E-state index contributed by atoms with van der Waals surface area (Å²) < 4.78 is 10.8. The molecule has 1 aromatic heterocycles. The van der Waals surface area contributed by atoms with Crippen LogP contribution >= 0.6 is 0 Å². The molecule has 6 heteroatoms. The monoisotopic (exact) mass is 313 g/mol. The summed E-state index contributed by atoms with van der Waals surface area (Å²) in [6, 6.07) is 8.29. The number of nitrogens with zero attached hydrogens (tertiary/aromatic N) is 2. The predicted molar refractivity (Wildman–Crippen MR) is 84.2 cm³/mol. The molecule has 2 heterocycles. The summed E-state index contributed by atoms with van der Waals surface area (Å²) in [5, 5.41) is 2.96. The number of aromatic nitrogens is 2. The van der Waals surface area contributed by atoms with E-state index >= 15 is 0 Å². The zero-order valence-electron chi connectivity index (χ0n) is 13.2. The van der Waals surface area contributed by atoms with Crippen molar-refractivity contribution in [3.63, 3.8) is 0 Å². The molecule has 0 radical (unpaired) electrons. The largest absolute Gasteiger partial charge is 0.489 e. The molecule has 1 saturated heterocycles. The van der Waals surface area contributed by atoms with Crippen LogP contribution in [-0.4, -0.2) is 23.0 Å². The highest BCUT2D eigenvalue weighted by Crippen LogP contribution is 2.25. The van der Waals surface area contributed by atoms with Crippen molar-refractivity contribution in [3.05, 3.63) is 47.3 Å². The quantitative estimate of drug-likeness (QED) is 0.917. The minimum Gasteiger partial charge on any atom is -0.489 e. The number of amides is 1. The van der Waals surface area contributed by atoms with Gasteiger partial charge in [0.1, 0.15) is 12.4 Å². The van der Waals surface area contributed by atoms with Gasteiger partial charge in [-0.05, 0) is 31.0 Å².